The normalized spacial score (nSPS) is 16.7. The van der Waals surface area contributed by atoms with E-state index >= 15 is 0 Å². The lowest BCUT2D eigenvalue weighted by atomic mass is 9.96. The molecule has 0 radical (unpaired) electrons. The summed E-state index contributed by atoms with van der Waals surface area (Å²) in [7, 11) is 0. The van der Waals surface area contributed by atoms with E-state index in [1.807, 2.05) is 12.1 Å². The molecule has 1 fully saturated rings. The number of nitrogens with zero attached hydrogens (tertiary/aromatic N) is 3. The van der Waals surface area contributed by atoms with Crippen LogP contribution in [-0.2, 0) is 0 Å². The molecule has 1 aromatic carbocycles. The van der Waals surface area contributed by atoms with Gasteiger partial charge in [-0.1, -0.05) is 19.1 Å². The van der Waals surface area contributed by atoms with Gasteiger partial charge in [0.15, 0.2) is 0 Å². The third kappa shape index (κ3) is 4.77. The molecule has 1 saturated heterocycles. The Hall–Kier alpha value is -3.29. The number of H-pyrrole nitrogens is 1. The number of piperidine rings is 1. The predicted octanol–water partition coefficient (Wildman–Crippen LogP) is 2.87. The molecule has 3 rings (SSSR count). The Bertz CT molecular complexity index is 998. The highest BCUT2D eigenvalue weighted by molar-refractivity contribution is 5.80. The zero-order chi connectivity index (χ0) is 20.8. The SMILES string of the molecule is CC1CCCN(CCCOc2ccc(-c3c(C#N)c(N)[nH]c(=O)c3C#N)cc2)C1. The fraction of sp³-hybridized carbons (Fsp3) is 0.409. The molecule has 0 saturated carbocycles. The van der Waals surface area contributed by atoms with Crippen LogP contribution in [0.1, 0.15) is 37.3 Å². The minimum absolute atomic E-state index is 0.0427. The minimum atomic E-state index is -0.605. The lowest BCUT2D eigenvalue weighted by molar-refractivity contribution is 0.170. The number of rotatable bonds is 6. The molecule has 7 nitrogen and oxygen atoms in total. The molecule has 0 bridgehead atoms. The standard InChI is InChI=1S/C22H25N5O2/c1-15-4-2-9-27(14-15)10-3-11-29-17-7-5-16(6-8-17)20-18(12-23)21(25)26-22(28)19(20)13-24/h5-8,15H,2-4,9-11,14H2,1H3,(H3,25,26,28). The van der Waals surface area contributed by atoms with E-state index in [1.165, 1.54) is 19.4 Å². The van der Waals surface area contributed by atoms with Gasteiger partial charge in [0, 0.05) is 18.7 Å². The molecular weight excluding hydrogens is 366 g/mol. The molecule has 0 aliphatic carbocycles. The van der Waals surface area contributed by atoms with E-state index in [1.54, 1.807) is 24.3 Å². The number of benzene rings is 1. The van der Waals surface area contributed by atoms with Crippen LogP contribution >= 0.6 is 0 Å². The van der Waals surface area contributed by atoms with Crippen molar-refractivity contribution in [2.24, 2.45) is 5.92 Å². The maximum Gasteiger partial charge on any atom is 0.268 e. The number of anilines is 1. The topological polar surface area (TPSA) is 119 Å². The number of hydrogen-bond donors (Lipinski definition) is 2. The van der Waals surface area contributed by atoms with E-state index in [9.17, 15) is 15.3 Å². The van der Waals surface area contributed by atoms with Gasteiger partial charge in [-0.15, -0.1) is 0 Å². The summed E-state index contributed by atoms with van der Waals surface area (Å²) in [6.07, 6.45) is 3.54. The van der Waals surface area contributed by atoms with E-state index in [0.29, 0.717) is 17.9 Å². The molecular formula is C22H25N5O2. The van der Waals surface area contributed by atoms with Gasteiger partial charge in [0.1, 0.15) is 34.8 Å². The van der Waals surface area contributed by atoms with Crippen molar-refractivity contribution >= 4 is 5.82 Å². The van der Waals surface area contributed by atoms with Crippen molar-refractivity contribution in [2.45, 2.75) is 26.2 Å². The molecule has 29 heavy (non-hydrogen) atoms. The van der Waals surface area contributed by atoms with Gasteiger partial charge in [0.25, 0.3) is 5.56 Å². The highest BCUT2D eigenvalue weighted by atomic mass is 16.5. The van der Waals surface area contributed by atoms with Crippen molar-refractivity contribution in [1.82, 2.24) is 9.88 Å². The van der Waals surface area contributed by atoms with Crippen LogP contribution in [0.5, 0.6) is 5.75 Å². The van der Waals surface area contributed by atoms with E-state index < -0.39 is 5.56 Å². The molecule has 1 aromatic heterocycles. The average Bonchev–Trinajstić information content (AvgIpc) is 2.71. The van der Waals surface area contributed by atoms with Crippen molar-refractivity contribution in [3.05, 3.63) is 45.7 Å². The van der Waals surface area contributed by atoms with E-state index in [-0.39, 0.29) is 22.5 Å². The number of ether oxygens (including phenoxy) is 1. The summed E-state index contributed by atoms with van der Waals surface area (Å²) < 4.78 is 5.83. The summed E-state index contributed by atoms with van der Waals surface area (Å²) in [6, 6.07) is 10.9. The third-order valence-electron chi connectivity index (χ3n) is 5.24. The van der Waals surface area contributed by atoms with Crippen LogP contribution in [0.4, 0.5) is 5.82 Å². The molecule has 2 aromatic rings. The summed E-state index contributed by atoms with van der Waals surface area (Å²) >= 11 is 0. The number of pyridine rings is 1. The van der Waals surface area contributed by atoms with Gasteiger partial charge in [0.2, 0.25) is 0 Å². The summed E-state index contributed by atoms with van der Waals surface area (Å²) in [5, 5.41) is 18.7. The second-order valence-electron chi connectivity index (χ2n) is 7.49. The largest absolute Gasteiger partial charge is 0.494 e. The fourth-order valence-corrected chi connectivity index (χ4v) is 3.82. The fourth-order valence-electron chi connectivity index (χ4n) is 3.82. The van der Waals surface area contributed by atoms with Crippen molar-refractivity contribution < 1.29 is 4.74 Å². The van der Waals surface area contributed by atoms with E-state index in [2.05, 4.69) is 16.8 Å². The molecule has 7 heteroatoms. The van der Waals surface area contributed by atoms with Gasteiger partial charge in [0.05, 0.1) is 6.61 Å². The van der Waals surface area contributed by atoms with Crippen LogP contribution in [0.2, 0.25) is 0 Å². The summed E-state index contributed by atoms with van der Waals surface area (Å²) in [5.41, 5.74) is 5.94. The number of aromatic nitrogens is 1. The first-order valence-electron chi connectivity index (χ1n) is 9.85. The van der Waals surface area contributed by atoms with Crippen molar-refractivity contribution in [2.75, 3.05) is 32.0 Å². The lowest BCUT2D eigenvalue weighted by Gasteiger charge is -2.30. The van der Waals surface area contributed by atoms with Crippen LogP contribution in [0.25, 0.3) is 11.1 Å². The predicted molar refractivity (Wildman–Crippen MR) is 111 cm³/mol. The van der Waals surface area contributed by atoms with Crippen molar-refractivity contribution in [3.8, 4) is 29.0 Å². The highest BCUT2D eigenvalue weighted by Crippen LogP contribution is 2.29. The maximum atomic E-state index is 12.0. The Morgan fingerprint density at radius 3 is 2.62 bits per heavy atom. The van der Waals surface area contributed by atoms with Crippen LogP contribution in [0.3, 0.4) is 0 Å². The van der Waals surface area contributed by atoms with Gasteiger partial charge in [-0.05, 0) is 49.4 Å². The summed E-state index contributed by atoms with van der Waals surface area (Å²) in [4.78, 5) is 16.9. The van der Waals surface area contributed by atoms with Crippen molar-refractivity contribution in [3.63, 3.8) is 0 Å². The molecule has 0 amide bonds. The van der Waals surface area contributed by atoms with Gasteiger partial charge in [-0.25, -0.2) is 0 Å². The van der Waals surface area contributed by atoms with Gasteiger partial charge >= 0.3 is 0 Å². The number of nitrogen functional groups attached to an aromatic ring is 1. The number of nitrogens with two attached hydrogens (primary N) is 1. The smallest absolute Gasteiger partial charge is 0.268 e. The third-order valence-corrected chi connectivity index (χ3v) is 5.24. The molecule has 1 aliphatic rings. The summed E-state index contributed by atoms with van der Waals surface area (Å²) in [5.74, 6) is 1.43. The van der Waals surface area contributed by atoms with Crippen LogP contribution in [0, 0.1) is 28.6 Å². The Kier molecular flexibility index (Phi) is 6.54. The molecule has 1 atom stereocenters. The zero-order valence-electron chi connectivity index (χ0n) is 16.6. The Balaban J connectivity index is 1.66. The lowest BCUT2D eigenvalue weighted by Crippen LogP contribution is -2.35. The number of hydrogen-bond acceptors (Lipinski definition) is 6. The minimum Gasteiger partial charge on any atom is -0.494 e. The molecule has 150 valence electrons. The molecule has 3 N–H and O–H groups in total. The average molecular weight is 391 g/mol. The summed E-state index contributed by atoms with van der Waals surface area (Å²) in [6.45, 7) is 6.28. The second kappa shape index (κ2) is 9.27. The molecule has 2 heterocycles. The number of likely N-dealkylation sites (tertiary alicyclic amines) is 1. The zero-order valence-corrected chi connectivity index (χ0v) is 16.6. The second-order valence-corrected chi connectivity index (χ2v) is 7.49. The Labute approximate surface area is 170 Å². The number of aromatic amines is 1. The molecule has 0 spiro atoms. The first-order chi connectivity index (χ1) is 14.0. The first-order valence-corrected chi connectivity index (χ1v) is 9.85. The van der Waals surface area contributed by atoms with Gasteiger partial charge in [-0.2, -0.15) is 10.5 Å². The van der Waals surface area contributed by atoms with E-state index in [0.717, 1.165) is 25.4 Å². The first kappa shape index (κ1) is 20.4. The Morgan fingerprint density at radius 1 is 1.24 bits per heavy atom. The monoisotopic (exact) mass is 391 g/mol. The van der Waals surface area contributed by atoms with Crippen LogP contribution in [0.15, 0.2) is 29.1 Å². The van der Waals surface area contributed by atoms with Gasteiger partial charge < -0.3 is 20.4 Å². The van der Waals surface area contributed by atoms with Crippen LogP contribution < -0.4 is 16.0 Å². The van der Waals surface area contributed by atoms with Crippen molar-refractivity contribution in [1.29, 1.82) is 10.5 Å². The highest BCUT2D eigenvalue weighted by Gasteiger charge is 2.18. The number of nitrogens with one attached hydrogen (secondary N) is 1. The Morgan fingerprint density at radius 2 is 1.97 bits per heavy atom. The van der Waals surface area contributed by atoms with Crippen LogP contribution in [-0.4, -0.2) is 36.1 Å². The quantitative estimate of drug-likeness (QED) is 0.731. The maximum absolute atomic E-state index is 12.0. The van der Waals surface area contributed by atoms with E-state index in [4.69, 9.17) is 10.5 Å². The molecule has 1 aliphatic heterocycles. The van der Waals surface area contributed by atoms with Gasteiger partial charge in [-0.3, -0.25) is 4.79 Å². The molecule has 1 unspecified atom stereocenters. The number of nitriles is 2.